The standard InChI is InChI=1S/C29H43N9O5S/c1-16(2)14-21-27(43)36-20(9-5-6-12-33-23(39)15-17(30)25(41)37-21)26(42)35-19(10-7-13-34-29(31)32)24(40)28-38-18-8-3-4-11-22(18)44-28/h3-4,8,11,16-17,19-21H,5-7,9-10,12-15,30H2,1-2H3,(H,33,39)(H,35,42)(H,36,43)(H,37,41)(H4,31,32,34)/t17-,19-,20-,21-/m0/s1. The summed E-state index contributed by atoms with van der Waals surface area (Å²) in [6, 6.07) is 3.27. The van der Waals surface area contributed by atoms with Crippen molar-refractivity contribution in [2.45, 2.75) is 83.0 Å². The van der Waals surface area contributed by atoms with Crippen molar-refractivity contribution in [3.63, 3.8) is 0 Å². The maximum absolute atomic E-state index is 13.7. The Balaban J connectivity index is 1.83. The highest BCUT2D eigenvalue weighted by Crippen LogP contribution is 2.23. The molecule has 0 saturated carbocycles. The predicted octanol–water partition coefficient (Wildman–Crippen LogP) is 0.260. The smallest absolute Gasteiger partial charge is 0.243 e. The van der Waals surface area contributed by atoms with Gasteiger partial charge in [-0.3, -0.25) is 29.4 Å². The molecule has 15 heteroatoms. The Morgan fingerprint density at radius 2 is 1.89 bits per heavy atom. The molecule has 4 amide bonds. The molecular formula is C29H43N9O5S. The highest BCUT2D eigenvalue weighted by Gasteiger charge is 2.32. The fraction of sp³-hybridized carbons (Fsp3) is 0.552. The van der Waals surface area contributed by atoms with Gasteiger partial charge >= 0.3 is 0 Å². The van der Waals surface area contributed by atoms with Crippen molar-refractivity contribution in [2.24, 2.45) is 17.4 Å². The van der Waals surface area contributed by atoms with Crippen molar-refractivity contribution in [3.05, 3.63) is 29.3 Å². The Morgan fingerprint density at radius 3 is 2.59 bits per heavy atom. The van der Waals surface area contributed by atoms with E-state index >= 15 is 0 Å². The van der Waals surface area contributed by atoms with Crippen molar-refractivity contribution in [3.8, 4) is 0 Å². The van der Waals surface area contributed by atoms with Crippen molar-refractivity contribution < 1.29 is 24.0 Å². The molecule has 1 aliphatic rings. The van der Waals surface area contributed by atoms with Crippen LogP contribution in [0.1, 0.15) is 68.6 Å². The van der Waals surface area contributed by atoms with Crippen LogP contribution in [0.5, 0.6) is 0 Å². The van der Waals surface area contributed by atoms with Crippen LogP contribution < -0.4 is 38.1 Å². The number of amides is 4. The number of nitrogens with zero attached hydrogens (tertiary/aromatic N) is 1. The summed E-state index contributed by atoms with van der Waals surface area (Å²) in [6.07, 6.45) is 1.98. The van der Waals surface area contributed by atoms with E-state index in [1.807, 2.05) is 32.0 Å². The average molecular weight is 630 g/mol. The molecule has 0 unspecified atom stereocenters. The van der Waals surface area contributed by atoms with Gasteiger partial charge < -0.3 is 38.1 Å². The number of hydrogen-bond acceptors (Lipinski definition) is 9. The van der Waals surface area contributed by atoms with Gasteiger partial charge in [0.05, 0.1) is 28.7 Å². The molecule has 44 heavy (non-hydrogen) atoms. The molecule has 10 N–H and O–H groups in total. The Labute approximate surface area is 260 Å². The number of carbonyl (C=O) groups is 5. The van der Waals surface area contributed by atoms with Crippen LogP contribution in [-0.4, -0.2) is 77.6 Å². The number of rotatable bonds is 10. The monoisotopic (exact) mass is 629 g/mol. The number of para-hydroxylation sites is 1. The lowest BCUT2D eigenvalue weighted by Crippen LogP contribution is -2.57. The second kappa shape index (κ2) is 16.7. The van der Waals surface area contributed by atoms with Gasteiger partial charge in [0.1, 0.15) is 12.1 Å². The summed E-state index contributed by atoms with van der Waals surface area (Å²) >= 11 is 1.23. The summed E-state index contributed by atoms with van der Waals surface area (Å²) in [5, 5.41) is 21.3. The van der Waals surface area contributed by atoms with Crippen LogP contribution in [0.25, 0.3) is 10.2 Å². The first-order valence-corrected chi connectivity index (χ1v) is 15.7. The second-order valence-corrected chi connectivity index (χ2v) is 12.3. The Kier molecular flexibility index (Phi) is 13.0. The zero-order chi connectivity index (χ0) is 32.2. The first-order chi connectivity index (χ1) is 20.9. The largest absolute Gasteiger partial charge is 0.370 e. The van der Waals surface area contributed by atoms with E-state index in [2.05, 4.69) is 31.6 Å². The van der Waals surface area contributed by atoms with Crippen molar-refractivity contribution >= 4 is 56.9 Å². The average Bonchev–Trinajstić information content (AvgIpc) is 3.40. The summed E-state index contributed by atoms with van der Waals surface area (Å²) in [4.78, 5) is 70.2. The number of benzene rings is 1. The molecule has 1 saturated heterocycles. The van der Waals surface area contributed by atoms with Gasteiger partial charge in [0.15, 0.2) is 11.0 Å². The van der Waals surface area contributed by atoms with E-state index in [0.717, 1.165) is 4.70 Å². The lowest BCUT2D eigenvalue weighted by atomic mass is 10.0. The maximum atomic E-state index is 13.7. The minimum Gasteiger partial charge on any atom is -0.370 e. The minimum atomic E-state index is -1.13. The van der Waals surface area contributed by atoms with Gasteiger partial charge in [0.2, 0.25) is 29.4 Å². The molecule has 1 aromatic heterocycles. The molecular weight excluding hydrogens is 586 g/mol. The van der Waals surface area contributed by atoms with E-state index in [1.54, 1.807) is 6.07 Å². The molecule has 1 aromatic carbocycles. The minimum absolute atomic E-state index is 0.0242. The Hall–Kier alpha value is -4.11. The van der Waals surface area contributed by atoms with Gasteiger partial charge in [-0.15, -0.1) is 11.3 Å². The van der Waals surface area contributed by atoms with E-state index in [1.165, 1.54) is 11.3 Å². The molecule has 0 radical (unpaired) electrons. The number of Topliss-reactive ketones (excluding diaryl/α,β-unsaturated/α-hetero) is 1. The SMILES string of the molecule is CC(C)C[C@@H]1NC(=O)[C@@H](N)CC(=O)NCCCC[C@@H](C(=O)N[C@@H](CCCNC(=N)N)C(=O)c2nc3ccccc3s2)NC1=O. The zero-order valence-corrected chi connectivity index (χ0v) is 25.9. The van der Waals surface area contributed by atoms with E-state index < -0.39 is 41.9 Å². The van der Waals surface area contributed by atoms with Gasteiger partial charge in [-0.1, -0.05) is 26.0 Å². The van der Waals surface area contributed by atoms with Gasteiger partial charge in [-0.2, -0.15) is 0 Å². The summed E-state index contributed by atoms with van der Waals surface area (Å²) in [7, 11) is 0. The molecule has 1 aliphatic heterocycles. The van der Waals surface area contributed by atoms with Crippen LogP contribution in [-0.2, 0) is 19.2 Å². The lowest BCUT2D eigenvalue weighted by molar-refractivity contribution is -0.133. The van der Waals surface area contributed by atoms with Crippen molar-refractivity contribution in [2.75, 3.05) is 13.1 Å². The van der Waals surface area contributed by atoms with Crippen LogP contribution >= 0.6 is 11.3 Å². The quantitative estimate of drug-likeness (QED) is 0.0778. The third-order valence-corrected chi connectivity index (χ3v) is 8.13. The number of nitrogens with two attached hydrogens (primary N) is 2. The van der Waals surface area contributed by atoms with E-state index in [9.17, 15) is 24.0 Å². The Bertz CT molecular complexity index is 1310. The van der Waals surface area contributed by atoms with Crippen LogP contribution in [0.2, 0.25) is 0 Å². The number of aromatic nitrogens is 1. The lowest BCUT2D eigenvalue weighted by Gasteiger charge is -2.27. The van der Waals surface area contributed by atoms with Crippen LogP contribution in [0.3, 0.4) is 0 Å². The number of ketones is 1. The van der Waals surface area contributed by atoms with E-state index in [4.69, 9.17) is 16.9 Å². The summed E-state index contributed by atoms with van der Waals surface area (Å²) < 4.78 is 0.836. The molecule has 3 rings (SSSR count). The number of guanidine groups is 1. The summed E-state index contributed by atoms with van der Waals surface area (Å²) in [5.41, 5.74) is 12.0. The molecule has 0 aliphatic carbocycles. The predicted molar refractivity (Wildman–Crippen MR) is 168 cm³/mol. The third-order valence-electron chi connectivity index (χ3n) is 7.08. The molecule has 2 aromatic rings. The zero-order valence-electron chi connectivity index (χ0n) is 25.1. The molecule has 14 nitrogen and oxygen atoms in total. The summed E-state index contributed by atoms with van der Waals surface area (Å²) in [5.74, 6) is -2.67. The molecule has 1 fully saturated rings. The van der Waals surface area contributed by atoms with Crippen LogP contribution in [0.4, 0.5) is 0 Å². The van der Waals surface area contributed by atoms with Crippen LogP contribution in [0, 0.1) is 11.3 Å². The maximum Gasteiger partial charge on any atom is 0.243 e. The van der Waals surface area contributed by atoms with Crippen molar-refractivity contribution in [1.29, 1.82) is 5.41 Å². The number of carbonyl (C=O) groups excluding carboxylic acids is 5. The molecule has 4 atom stereocenters. The van der Waals surface area contributed by atoms with Crippen molar-refractivity contribution in [1.82, 2.24) is 31.6 Å². The molecule has 240 valence electrons. The first kappa shape index (κ1) is 34.4. The van der Waals surface area contributed by atoms with Gasteiger partial charge in [0, 0.05) is 13.1 Å². The number of nitrogens with one attached hydrogen (secondary N) is 6. The first-order valence-electron chi connectivity index (χ1n) is 14.9. The molecule has 0 spiro atoms. The number of hydrogen-bond donors (Lipinski definition) is 8. The fourth-order valence-corrected chi connectivity index (χ4v) is 5.75. The fourth-order valence-electron chi connectivity index (χ4n) is 4.79. The van der Waals surface area contributed by atoms with E-state index in [0.29, 0.717) is 37.9 Å². The van der Waals surface area contributed by atoms with E-state index in [-0.39, 0.29) is 54.3 Å². The van der Waals surface area contributed by atoms with Gasteiger partial charge in [-0.05, 0) is 56.6 Å². The highest BCUT2D eigenvalue weighted by atomic mass is 32.1. The molecule has 0 bridgehead atoms. The van der Waals surface area contributed by atoms with Gasteiger partial charge in [-0.25, -0.2) is 4.98 Å². The third kappa shape index (κ3) is 10.6. The summed E-state index contributed by atoms with van der Waals surface area (Å²) in [6.45, 7) is 4.41. The Morgan fingerprint density at radius 1 is 1.14 bits per heavy atom. The number of thiazole rings is 1. The molecule has 2 heterocycles. The van der Waals surface area contributed by atoms with Crippen LogP contribution in [0.15, 0.2) is 24.3 Å². The van der Waals surface area contributed by atoms with Gasteiger partial charge in [0.25, 0.3) is 0 Å². The highest BCUT2D eigenvalue weighted by molar-refractivity contribution is 7.20. The topological polar surface area (TPSA) is 234 Å². The second-order valence-electron chi connectivity index (χ2n) is 11.3. The normalized spacial score (nSPS) is 21.0. The number of fused-ring (bicyclic) bond motifs is 1.